The Hall–Kier alpha value is -9.92. The van der Waals surface area contributed by atoms with Crippen LogP contribution in [0.25, 0.3) is 0 Å². The third-order valence-electron chi connectivity index (χ3n) is 19.6. The minimum Gasteiger partial charge on any atom is -0.471 e. The van der Waals surface area contributed by atoms with Crippen LogP contribution in [0.5, 0.6) is 0 Å². The van der Waals surface area contributed by atoms with E-state index in [0.717, 1.165) is 58.0 Å². The monoisotopic (exact) mass is 1880 g/mol. The molecule has 120 heavy (non-hydrogen) atoms. The van der Waals surface area contributed by atoms with E-state index >= 15 is 0 Å². The summed E-state index contributed by atoms with van der Waals surface area (Å²) in [7, 11) is 2.61. The molecule has 38 heteroatoms. The van der Waals surface area contributed by atoms with Crippen LogP contribution >= 0.6 is 100 Å². The predicted molar refractivity (Wildman–Crippen MR) is 455 cm³/mol. The minimum absolute atomic E-state index is 0.125. The molecule has 12 heterocycles. The molecule has 0 spiro atoms. The molecular weight excluding hydrogens is 1810 g/mol. The van der Waals surface area contributed by atoms with E-state index in [1.165, 1.54) is 108 Å². The number of nitrogens with zero attached hydrogens (tertiary/aromatic N) is 12. The molecule has 4 aromatic carbocycles. The molecule has 16 rings (SSSR count). The van der Waals surface area contributed by atoms with E-state index in [-0.39, 0.29) is 54.4 Å². The zero-order valence-electron chi connectivity index (χ0n) is 65.7. The number of rotatable bonds is 18. The first-order valence-corrected chi connectivity index (χ1v) is 43.7. The number of amides is 1. The first kappa shape index (κ1) is 89.3. The molecule has 8 aromatic rings. The van der Waals surface area contributed by atoms with E-state index in [1.54, 1.807) is 76.7 Å². The number of allylic oxidation sites excluding steroid dienone is 2. The first-order chi connectivity index (χ1) is 57.8. The molecule has 4 saturated heterocycles. The molecule has 0 saturated carbocycles. The maximum atomic E-state index is 13.8. The van der Waals surface area contributed by atoms with Crippen molar-refractivity contribution in [3.8, 4) is 0 Å². The molecule has 4 aromatic heterocycles. The number of alkyl carbamates (subject to hydrolysis) is 1. The zero-order chi connectivity index (χ0) is 85.8. The number of aliphatic imine (C=N–C) groups is 4. The smallest absolute Gasteiger partial charge is 0.407 e. The summed E-state index contributed by atoms with van der Waals surface area (Å²) >= 11 is 25.4. The highest BCUT2D eigenvalue weighted by molar-refractivity contribution is 9.10. The van der Waals surface area contributed by atoms with Crippen LogP contribution in [0, 0.1) is 35.1 Å². The van der Waals surface area contributed by atoms with Gasteiger partial charge in [-0.2, -0.15) is 0 Å². The van der Waals surface area contributed by atoms with Crippen molar-refractivity contribution in [1.82, 2.24) is 44.9 Å². The van der Waals surface area contributed by atoms with Crippen LogP contribution in [-0.2, 0) is 52.4 Å². The normalized spacial score (nSPS) is 20.6. The van der Waals surface area contributed by atoms with Gasteiger partial charge in [0, 0.05) is 144 Å². The summed E-state index contributed by atoms with van der Waals surface area (Å²) in [5.74, 6) is -0.0151. The zero-order valence-corrected chi connectivity index (χ0v) is 73.7. The van der Waals surface area contributed by atoms with Gasteiger partial charge in [-0.1, -0.05) is 93.2 Å². The Morgan fingerprint density at radius 1 is 0.475 bits per heavy atom. The Morgan fingerprint density at radius 3 is 1.07 bits per heavy atom. The average Bonchev–Trinajstić information content (AvgIpc) is 1.55. The molecule has 4 fully saturated rings. The summed E-state index contributed by atoms with van der Waals surface area (Å²) < 4.78 is 85.7. The van der Waals surface area contributed by atoms with Gasteiger partial charge in [-0.15, -0.1) is 45.3 Å². The number of esters is 4. The number of carbonyl (C=O) groups excluding carboxylic acids is 6. The van der Waals surface area contributed by atoms with Gasteiger partial charge in [0.05, 0.1) is 69.0 Å². The summed E-state index contributed by atoms with van der Waals surface area (Å²) in [6.07, 6.45) is 8.66. The predicted octanol–water partition coefficient (Wildman–Crippen LogP) is 16.2. The number of carbonyl (C=O) groups is 6. The number of amidine groups is 4. The Kier molecular flexibility index (Phi) is 30.3. The molecule has 0 radical (unpaired) electrons. The molecule has 26 nitrogen and oxygen atoms in total. The van der Waals surface area contributed by atoms with Gasteiger partial charge in [0.2, 0.25) is 0 Å². The lowest BCUT2D eigenvalue weighted by atomic mass is 9.94. The Balaban J connectivity index is 0.000000145. The van der Waals surface area contributed by atoms with Crippen LogP contribution in [-0.4, -0.2) is 178 Å². The molecule has 8 aliphatic heterocycles. The fraction of sp³-hybridized carbons (Fsp3) is 0.341. The van der Waals surface area contributed by atoms with E-state index < -0.39 is 71.6 Å². The Morgan fingerprint density at radius 2 is 0.775 bits per heavy atom. The van der Waals surface area contributed by atoms with Crippen LogP contribution in [0.15, 0.2) is 193 Å². The fourth-order valence-corrected chi connectivity index (χ4v) is 19.0. The number of benzene rings is 4. The van der Waals surface area contributed by atoms with Crippen molar-refractivity contribution >= 4 is 160 Å². The Bertz CT molecular complexity index is 5040. The van der Waals surface area contributed by atoms with Gasteiger partial charge in [0.25, 0.3) is 6.47 Å². The summed E-state index contributed by atoms with van der Waals surface area (Å²) in [5.41, 5.74) is 13.7. The molecule has 3 N–H and O–H groups in total. The highest BCUT2D eigenvalue weighted by Gasteiger charge is 2.47. The third-order valence-corrected chi connectivity index (χ3v) is 24.7. The number of nitrogens with two attached hydrogens (primary N) is 1. The highest BCUT2D eigenvalue weighted by atomic mass is 79.9. The van der Waals surface area contributed by atoms with Crippen molar-refractivity contribution in [3.05, 3.63) is 249 Å². The average molecular weight is 1890 g/mol. The van der Waals surface area contributed by atoms with E-state index in [1.807, 2.05) is 31.3 Å². The van der Waals surface area contributed by atoms with Gasteiger partial charge in [-0.05, 0) is 112 Å². The maximum Gasteiger partial charge on any atom is 0.407 e. The number of hydrogen-bond donors (Lipinski definition) is 2. The molecule has 630 valence electrons. The second kappa shape index (κ2) is 40.6. The fourth-order valence-electron chi connectivity index (χ4n) is 14.8. The lowest BCUT2D eigenvalue weighted by Crippen LogP contribution is -2.39. The molecular formula is C82H80Br2Cl2F4N14O12S4. The van der Waals surface area contributed by atoms with Gasteiger partial charge < -0.3 is 59.1 Å². The molecule has 8 aliphatic rings. The van der Waals surface area contributed by atoms with Crippen LogP contribution in [0.1, 0.15) is 134 Å². The van der Waals surface area contributed by atoms with Crippen LogP contribution in [0.4, 0.5) is 22.4 Å². The second-order valence-corrected chi connectivity index (χ2v) is 33.8. The minimum atomic E-state index is -0.731. The van der Waals surface area contributed by atoms with Crippen LogP contribution in [0.2, 0.25) is 10.0 Å². The number of fused-ring (bicyclic) bond motifs is 4. The van der Waals surface area contributed by atoms with Crippen molar-refractivity contribution in [1.29, 1.82) is 0 Å². The number of aromatic nitrogens is 4. The summed E-state index contributed by atoms with van der Waals surface area (Å²) in [6, 6.07) is 13.8. The first-order valence-electron chi connectivity index (χ1n) is 37.8. The SMILES string of the molecule is CCOC(=O)C1=C2CC(NC(=O)OC)CN2C(c2nccs2)=N[C@H]1c1ccc(F)cc1Br.CCOC(=O)C1=C2C[C@@H](C)CN2C(c2nccs2)=N[C@H]1c1ccc(F)cc1Cl.CCOC(=O)C1=C2C[C@@H](N)CN2C(c2nccs2)=N[C@H]1c1ccc(F)cc1Br.CCOC(=O)C1=C2C[C@H](C)CN2C(c2nccs2)=N[C@H]1c1ccc(F)cc1Cl.COC=O. The van der Waals surface area contributed by atoms with Crippen LogP contribution < -0.4 is 11.1 Å². The number of methoxy groups -OCH3 is 2. The van der Waals surface area contributed by atoms with Gasteiger partial charge in [0.15, 0.2) is 43.4 Å². The molecule has 0 aliphatic carbocycles. The van der Waals surface area contributed by atoms with Gasteiger partial charge in [-0.25, -0.2) is 61.5 Å². The van der Waals surface area contributed by atoms with Crippen molar-refractivity contribution < 1.29 is 74.8 Å². The quantitative estimate of drug-likeness (QED) is 0.0349. The maximum absolute atomic E-state index is 13.8. The van der Waals surface area contributed by atoms with Gasteiger partial charge in [0.1, 0.15) is 47.4 Å². The molecule has 1 amide bonds. The van der Waals surface area contributed by atoms with Crippen molar-refractivity contribution in [2.45, 2.75) is 103 Å². The largest absolute Gasteiger partial charge is 0.471 e. The van der Waals surface area contributed by atoms with Gasteiger partial charge in [-0.3, -0.25) is 24.8 Å². The molecule has 0 bridgehead atoms. The van der Waals surface area contributed by atoms with Crippen LogP contribution in [0.3, 0.4) is 0 Å². The van der Waals surface area contributed by atoms with E-state index in [2.05, 4.69) is 85.5 Å². The summed E-state index contributed by atoms with van der Waals surface area (Å²) in [4.78, 5) is 118. The Labute approximate surface area is 730 Å². The second-order valence-electron chi connectivity index (χ2n) is 27.7. The third kappa shape index (κ3) is 20.0. The topological polar surface area (TPSA) is 310 Å². The number of ether oxygens (including phenoxy) is 6. The summed E-state index contributed by atoms with van der Waals surface area (Å²) in [5, 5.41) is 13.7. The van der Waals surface area contributed by atoms with E-state index in [0.29, 0.717) is 132 Å². The van der Waals surface area contributed by atoms with E-state index in [9.17, 15) is 41.5 Å². The highest BCUT2D eigenvalue weighted by Crippen LogP contribution is 2.49. The standard InChI is InChI=1S/C21H20BrFN4O4S.2C20H19ClFN3O2S.C19H18BrFN4O2S.C2H4O2/c1-3-31-20(28)16-15-9-12(25-21(29)30-2)10-27(15)18(19-24-6-7-32-19)26-17(16)13-5-4-11(23)8-14(13)22;2*1-3-27-20(26)16-15-8-11(2)10-25(15)18(19-23-6-7-28-19)24-17(16)13-5-4-12(22)9-14(13)21;1-2-27-19(26)15-14-8-11(22)9-25(14)17(18-23-5-6-28-18)24-16(15)12-4-3-10(21)7-13(12)20;1-4-2-3/h4-8,12,17H,3,9-10H2,1-2H3,(H,25,29);2*4-7,9,11,17H,3,8,10H2,1-2H3;3-7,11,16H,2,8-9,22H2,1H3;2H,1H3/t12?,17-;11-,17+;11-,17-;11-,16+;/m0101./s1. The van der Waals surface area contributed by atoms with Crippen molar-refractivity contribution in [2.75, 3.05) is 66.8 Å². The van der Waals surface area contributed by atoms with Crippen molar-refractivity contribution in [3.63, 3.8) is 0 Å². The summed E-state index contributed by atoms with van der Waals surface area (Å²) in [6.45, 7) is 15.1. The van der Waals surface area contributed by atoms with E-state index in [4.69, 9.17) is 77.4 Å². The van der Waals surface area contributed by atoms with Crippen molar-refractivity contribution in [2.24, 2.45) is 37.5 Å². The van der Waals surface area contributed by atoms with Gasteiger partial charge >= 0.3 is 30.0 Å². The number of hydrogen-bond acceptors (Lipinski definition) is 29. The molecule has 1 unspecified atom stereocenters. The number of halogens is 8. The number of nitrogens with one attached hydrogen (secondary N) is 1. The number of thiazole rings is 4. The molecule has 8 atom stereocenters. The lowest BCUT2D eigenvalue weighted by molar-refractivity contribution is -0.140. The lowest BCUT2D eigenvalue weighted by Gasteiger charge is -2.31.